The molecule has 0 bridgehead atoms. The second kappa shape index (κ2) is 3.51. The van der Waals surface area contributed by atoms with Crippen molar-refractivity contribution in [3.05, 3.63) is 22.8 Å². The zero-order valence-corrected chi connectivity index (χ0v) is 7.96. The van der Waals surface area contributed by atoms with Crippen LogP contribution in [-0.2, 0) is 11.2 Å². The molecule has 0 saturated carbocycles. The first kappa shape index (κ1) is 9.64. The predicted molar refractivity (Wildman–Crippen MR) is 47.6 cm³/mol. The Hall–Kier alpha value is -1.45. The van der Waals surface area contributed by atoms with E-state index in [1.165, 1.54) is 0 Å². The minimum absolute atomic E-state index is 0.00204. The normalized spacial score (nSPS) is 10.1. The first-order valence-electron chi connectivity index (χ1n) is 4.03. The molecule has 0 aliphatic carbocycles. The Balaban J connectivity index is 3.13. The van der Waals surface area contributed by atoms with Gasteiger partial charge in [-0.15, -0.1) is 0 Å². The first-order chi connectivity index (χ1) is 6.00. The van der Waals surface area contributed by atoms with Gasteiger partial charge in [0.05, 0.1) is 6.42 Å². The number of hydrogen-bond acceptors (Lipinski definition) is 3. The molecular weight excluding hydrogens is 168 g/mol. The highest BCUT2D eigenvalue weighted by molar-refractivity contribution is 5.70. The second-order valence-corrected chi connectivity index (χ2v) is 2.99. The third-order valence-electron chi connectivity index (χ3n) is 1.86. The molecule has 13 heavy (non-hydrogen) atoms. The molecule has 0 unspecified atom stereocenters. The first-order valence-corrected chi connectivity index (χ1v) is 4.03. The number of aromatic nitrogens is 2. The molecule has 1 aromatic rings. The largest absolute Gasteiger partial charge is 0.481 e. The summed E-state index contributed by atoms with van der Waals surface area (Å²) in [5.41, 5.74) is 2.23. The molecule has 0 radical (unpaired) electrons. The van der Waals surface area contributed by atoms with Gasteiger partial charge in [0.15, 0.2) is 0 Å². The quantitative estimate of drug-likeness (QED) is 0.738. The smallest absolute Gasteiger partial charge is 0.307 e. The van der Waals surface area contributed by atoms with Crippen LogP contribution in [0.3, 0.4) is 0 Å². The Morgan fingerprint density at radius 1 is 1.23 bits per heavy atom. The molecular formula is C9H12N2O2. The summed E-state index contributed by atoms with van der Waals surface area (Å²) in [5, 5.41) is 8.63. The van der Waals surface area contributed by atoms with Gasteiger partial charge in [-0.3, -0.25) is 4.79 Å². The lowest BCUT2D eigenvalue weighted by atomic mass is 10.1. The number of aryl methyl sites for hydroxylation is 3. The maximum absolute atomic E-state index is 10.5. The molecule has 4 heteroatoms. The predicted octanol–water partition coefficient (Wildman–Crippen LogP) is 1.03. The van der Waals surface area contributed by atoms with Gasteiger partial charge < -0.3 is 5.11 Å². The number of aliphatic carboxylic acids is 1. The summed E-state index contributed by atoms with van der Waals surface area (Å²) in [6, 6.07) is 0. The van der Waals surface area contributed by atoms with Crippen LogP contribution in [0.2, 0.25) is 0 Å². The lowest BCUT2D eigenvalue weighted by Gasteiger charge is -2.06. The average Bonchev–Trinajstić information content (AvgIpc) is 1.96. The van der Waals surface area contributed by atoms with Crippen molar-refractivity contribution >= 4 is 5.97 Å². The molecule has 0 saturated heterocycles. The molecule has 4 nitrogen and oxygen atoms in total. The van der Waals surface area contributed by atoms with Crippen molar-refractivity contribution in [3.63, 3.8) is 0 Å². The Morgan fingerprint density at radius 2 is 1.69 bits per heavy atom. The second-order valence-electron chi connectivity index (χ2n) is 2.99. The summed E-state index contributed by atoms with van der Waals surface area (Å²) in [5.74, 6) is -0.164. The van der Waals surface area contributed by atoms with Gasteiger partial charge >= 0.3 is 5.97 Å². The highest BCUT2D eigenvalue weighted by Gasteiger charge is 2.09. The van der Waals surface area contributed by atoms with Gasteiger partial charge in [-0.2, -0.15) is 0 Å². The molecule has 1 rings (SSSR count). The Labute approximate surface area is 76.7 Å². The number of rotatable bonds is 2. The summed E-state index contributed by atoms with van der Waals surface area (Å²) in [7, 11) is 0. The van der Waals surface area contributed by atoms with Crippen molar-refractivity contribution in [1.82, 2.24) is 9.97 Å². The summed E-state index contributed by atoms with van der Waals surface area (Å²) in [6.07, 6.45) is -0.00204. The summed E-state index contributed by atoms with van der Waals surface area (Å²) in [6.45, 7) is 5.41. The van der Waals surface area contributed by atoms with Crippen LogP contribution in [0.1, 0.15) is 22.8 Å². The van der Waals surface area contributed by atoms with Gasteiger partial charge in [0.2, 0.25) is 0 Å². The number of carboxylic acid groups (broad SMARTS) is 1. The average molecular weight is 180 g/mol. The molecule has 0 fully saturated rings. The molecule has 1 aromatic heterocycles. The molecule has 0 aromatic carbocycles. The topological polar surface area (TPSA) is 63.1 Å². The van der Waals surface area contributed by atoms with E-state index in [1.54, 1.807) is 20.8 Å². The minimum Gasteiger partial charge on any atom is -0.481 e. The standard InChI is InChI=1S/C9H12N2O2/c1-5-8(4-9(12)13)6(2)11-7(3)10-5/h4H2,1-3H3,(H,12,13). The summed E-state index contributed by atoms with van der Waals surface area (Å²) in [4.78, 5) is 18.7. The molecule has 1 N–H and O–H groups in total. The van der Waals surface area contributed by atoms with Gasteiger partial charge in [-0.25, -0.2) is 9.97 Å². The molecule has 0 spiro atoms. The molecule has 0 atom stereocenters. The van der Waals surface area contributed by atoms with Crippen molar-refractivity contribution in [1.29, 1.82) is 0 Å². The van der Waals surface area contributed by atoms with Crippen molar-refractivity contribution < 1.29 is 9.90 Å². The lowest BCUT2D eigenvalue weighted by molar-refractivity contribution is -0.136. The highest BCUT2D eigenvalue weighted by atomic mass is 16.4. The number of nitrogens with zero attached hydrogens (tertiary/aromatic N) is 2. The Morgan fingerprint density at radius 3 is 2.08 bits per heavy atom. The third kappa shape index (κ3) is 2.24. The van der Waals surface area contributed by atoms with Gasteiger partial charge in [0.1, 0.15) is 5.82 Å². The molecule has 0 aliphatic heterocycles. The van der Waals surface area contributed by atoms with Gasteiger partial charge in [-0.05, 0) is 20.8 Å². The van der Waals surface area contributed by atoms with Crippen molar-refractivity contribution in [2.75, 3.05) is 0 Å². The van der Waals surface area contributed by atoms with Crippen molar-refractivity contribution in [2.24, 2.45) is 0 Å². The van der Waals surface area contributed by atoms with Crippen molar-refractivity contribution in [2.45, 2.75) is 27.2 Å². The fourth-order valence-electron chi connectivity index (χ4n) is 1.31. The number of carbonyl (C=O) groups is 1. The third-order valence-corrected chi connectivity index (χ3v) is 1.86. The fourth-order valence-corrected chi connectivity index (χ4v) is 1.31. The van der Waals surface area contributed by atoms with Crippen LogP contribution in [0.15, 0.2) is 0 Å². The van der Waals surface area contributed by atoms with E-state index >= 15 is 0 Å². The Kier molecular flexibility index (Phi) is 2.60. The van der Waals surface area contributed by atoms with E-state index in [-0.39, 0.29) is 6.42 Å². The van der Waals surface area contributed by atoms with E-state index in [9.17, 15) is 4.79 Å². The van der Waals surface area contributed by atoms with Crippen LogP contribution in [0.4, 0.5) is 0 Å². The molecule has 0 aliphatic rings. The summed E-state index contributed by atoms with van der Waals surface area (Å²) < 4.78 is 0. The molecule has 0 amide bonds. The fraction of sp³-hybridized carbons (Fsp3) is 0.444. The van der Waals surface area contributed by atoms with Crippen LogP contribution in [0.25, 0.3) is 0 Å². The van der Waals surface area contributed by atoms with Crippen LogP contribution in [0, 0.1) is 20.8 Å². The van der Waals surface area contributed by atoms with Crippen molar-refractivity contribution in [3.8, 4) is 0 Å². The van der Waals surface area contributed by atoms with Gasteiger partial charge in [-0.1, -0.05) is 0 Å². The molecule has 70 valence electrons. The highest BCUT2D eigenvalue weighted by Crippen LogP contribution is 2.10. The monoisotopic (exact) mass is 180 g/mol. The van der Waals surface area contributed by atoms with E-state index in [0.29, 0.717) is 5.82 Å². The number of carboxylic acids is 1. The zero-order chi connectivity index (χ0) is 10.0. The van der Waals surface area contributed by atoms with E-state index in [0.717, 1.165) is 17.0 Å². The van der Waals surface area contributed by atoms with E-state index in [2.05, 4.69) is 9.97 Å². The van der Waals surface area contributed by atoms with Crippen LogP contribution in [-0.4, -0.2) is 21.0 Å². The molecule has 1 heterocycles. The van der Waals surface area contributed by atoms with Crippen LogP contribution in [0.5, 0.6) is 0 Å². The van der Waals surface area contributed by atoms with E-state index in [1.807, 2.05) is 0 Å². The SMILES string of the molecule is Cc1nc(C)c(CC(=O)O)c(C)n1. The Bertz CT molecular complexity index is 324. The van der Waals surface area contributed by atoms with E-state index < -0.39 is 5.97 Å². The minimum atomic E-state index is -0.848. The summed E-state index contributed by atoms with van der Waals surface area (Å²) >= 11 is 0. The zero-order valence-electron chi connectivity index (χ0n) is 7.96. The van der Waals surface area contributed by atoms with Gasteiger partial charge in [0, 0.05) is 17.0 Å². The maximum Gasteiger partial charge on any atom is 0.307 e. The number of hydrogen-bond donors (Lipinski definition) is 1. The van der Waals surface area contributed by atoms with E-state index in [4.69, 9.17) is 5.11 Å². The van der Waals surface area contributed by atoms with Crippen LogP contribution < -0.4 is 0 Å². The lowest BCUT2D eigenvalue weighted by Crippen LogP contribution is -2.08. The maximum atomic E-state index is 10.5. The van der Waals surface area contributed by atoms with Gasteiger partial charge in [0.25, 0.3) is 0 Å². The van der Waals surface area contributed by atoms with Crippen LogP contribution >= 0.6 is 0 Å².